The molecule has 142 valence electrons. The van der Waals surface area contributed by atoms with Crippen LogP contribution in [0.3, 0.4) is 0 Å². The van der Waals surface area contributed by atoms with E-state index in [1.165, 1.54) is 18.4 Å². The van der Waals surface area contributed by atoms with E-state index in [1.54, 1.807) is 7.11 Å². The van der Waals surface area contributed by atoms with Crippen LogP contribution in [0.5, 0.6) is 23.0 Å². The van der Waals surface area contributed by atoms with E-state index in [0.717, 1.165) is 41.7 Å². The smallest absolute Gasteiger partial charge is 0.231 e. The van der Waals surface area contributed by atoms with Crippen molar-refractivity contribution in [3.8, 4) is 23.0 Å². The van der Waals surface area contributed by atoms with E-state index < -0.39 is 0 Å². The highest BCUT2D eigenvalue weighted by Gasteiger charge is 2.41. The van der Waals surface area contributed by atoms with Crippen LogP contribution in [-0.2, 0) is 0 Å². The molecule has 1 saturated heterocycles. The number of hydrogen-bond acceptors (Lipinski definition) is 5. The lowest BCUT2D eigenvalue weighted by molar-refractivity contribution is -0.0178. The minimum absolute atomic E-state index is 0.0663. The van der Waals surface area contributed by atoms with Crippen molar-refractivity contribution in [1.29, 1.82) is 0 Å². The first-order valence-corrected chi connectivity index (χ1v) is 9.73. The molecule has 0 unspecified atom stereocenters. The van der Waals surface area contributed by atoms with E-state index in [9.17, 15) is 0 Å². The summed E-state index contributed by atoms with van der Waals surface area (Å²) in [7, 11) is 1.71. The first kappa shape index (κ1) is 16.8. The number of ether oxygens (including phenoxy) is 4. The van der Waals surface area contributed by atoms with Crippen LogP contribution in [0.15, 0.2) is 36.4 Å². The first-order chi connectivity index (χ1) is 13.2. The quantitative estimate of drug-likeness (QED) is 0.820. The Hall–Kier alpha value is -2.40. The van der Waals surface area contributed by atoms with Gasteiger partial charge in [0.15, 0.2) is 17.7 Å². The molecule has 27 heavy (non-hydrogen) atoms. The summed E-state index contributed by atoms with van der Waals surface area (Å²) in [5.74, 6) is 3.88. The van der Waals surface area contributed by atoms with E-state index in [-0.39, 0.29) is 18.9 Å². The molecule has 0 radical (unpaired) electrons. The first-order valence-electron chi connectivity index (χ1n) is 9.73. The van der Waals surface area contributed by atoms with Gasteiger partial charge in [0.25, 0.3) is 0 Å². The molecular weight excluding hydrogens is 342 g/mol. The number of hydrogen-bond donors (Lipinski definition) is 0. The van der Waals surface area contributed by atoms with Crippen molar-refractivity contribution in [2.24, 2.45) is 5.92 Å². The van der Waals surface area contributed by atoms with Gasteiger partial charge in [-0.05, 0) is 36.6 Å². The maximum atomic E-state index is 6.52. The Morgan fingerprint density at radius 2 is 1.78 bits per heavy atom. The number of nitrogens with zero attached hydrogens (tertiary/aromatic N) is 1. The average Bonchev–Trinajstić information content (AvgIpc) is 3.37. The lowest BCUT2D eigenvalue weighted by atomic mass is 9.78. The van der Waals surface area contributed by atoms with Crippen LogP contribution in [-0.4, -0.2) is 38.1 Å². The van der Waals surface area contributed by atoms with Gasteiger partial charge in [-0.3, -0.25) is 4.90 Å². The molecule has 0 spiro atoms. The second-order valence-electron chi connectivity index (χ2n) is 7.61. The Bertz CT molecular complexity index is 846. The van der Waals surface area contributed by atoms with E-state index in [4.69, 9.17) is 18.9 Å². The van der Waals surface area contributed by atoms with Gasteiger partial charge in [-0.15, -0.1) is 0 Å². The van der Waals surface area contributed by atoms with Crippen LogP contribution in [0.2, 0.25) is 0 Å². The molecule has 2 aromatic carbocycles. The SMILES string of the molecule is COc1cccc([C@@H]2c3cc4c(cc3O[C@H](N3CCCC3)[C@H]2C)OCO4)c1. The minimum Gasteiger partial charge on any atom is -0.497 e. The molecule has 0 N–H and O–H groups in total. The lowest BCUT2D eigenvalue weighted by Gasteiger charge is -2.42. The summed E-state index contributed by atoms with van der Waals surface area (Å²) in [6, 6.07) is 12.5. The Kier molecular flexibility index (Phi) is 4.12. The summed E-state index contributed by atoms with van der Waals surface area (Å²) in [5.41, 5.74) is 2.41. The fourth-order valence-electron chi connectivity index (χ4n) is 4.69. The van der Waals surface area contributed by atoms with Gasteiger partial charge in [0.05, 0.1) is 7.11 Å². The fraction of sp³-hybridized carbons (Fsp3) is 0.455. The molecule has 3 heterocycles. The topological polar surface area (TPSA) is 40.2 Å². The Balaban J connectivity index is 1.62. The van der Waals surface area contributed by atoms with E-state index in [0.29, 0.717) is 5.92 Å². The molecule has 5 rings (SSSR count). The van der Waals surface area contributed by atoms with Crippen molar-refractivity contribution < 1.29 is 18.9 Å². The number of methoxy groups -OCH3 is 1. The van der Waals surface area contributed by atoms with Crippen LogP contribution in [0.4, 0.5) is 0 Å². The number of fused-ring (bicyclic) bond motifs is 2. The van der Waals surface area contributed by atoms with Crippen LogP contribution < -0.4 is 18.9 Å². The number of rotatable bonds is 3. The van der Waals surface area contributed by atoms with Gasteiger partial charge in [-0.2, -0.15) is 0 Å². The lowest BCUT2D eigenvalue weighted by Crippen LogP contribution is -2.46. The van der Waals surface area contributed by atoms with Crippen molar-refractivity contribution in [3.05, 3.63) is 47.5 Å². The molecule has 1 fully saturated rings. The van der Waals surface area contributed by atoms with Crippen molar-refractivity contribution in [2.45, 2.75) is 31.9 Å². The van der Waals surface area contributed by atoms with Crippen molar-refractivity contribution >= 4 is 0 Å². The maximum absolute atomic E-state index is 6.52. The second-order valence-corrected chi connectivity index (χ2v) is 7.61. The minimum atomic E-state index is 0.0663. The molecule has 0 saturated carbocycles. The summed E-state index contributed by atoms with van der Waals surface area (Å²) in [6.45, 7) is 4.76. The van der Waals surface area contributed by atoms with Crippen molar-refractivity contribution in [3.63, 3.8) is 0 Å². The second kappa shape index (κ2) is 6.64. The number of likely N-dealkylation sites (tertiary alicyclic amines) is 1. The molecule has 5 nitrogen and oxygen atoms in total. The van der Waals surface area contributed by atoms with Gasteiger partial charge in [0, 0.05) is 36.6 Å². The van der Waals surface area contributed by atoms with Crippen molar-refractivity contribution in [1.82, 2.24) is 4.90 Å². The molecular formula is C22H25NO4. The Morgan fingerprint density at radius 3 is 2.56 bits per heavy atom. The molecule has 3 atom stereocenters. The summed E-state index contributed by atoms with van der Waals surface area (Å²) in [6.07, 6.45) is 2.55. The molecule has 3 aliphatic heterocycles. The maximum Gasteiger partial charge on any atom is 0.231 e. The van der Waals surface area contributed by atoms with Crippen LogP contribution in [0, 0.1) is 5.92 Å². The van der Waals surface area contributed by atoms with Crippen molar-refractivity contribution in [2.75, 3.05) is 27.0 Å². The normalized spacial score (nSPS) is 26.5. The summed E-state index contributed by atoms with van der Waals surface area (Å²) in [5, 5.41) is 0. The fourth-order valence-corrected chi connectivity index (χ4v) is 4.69. The number of benzene rings is 2. The zero-order valence-electron chi connectivity index (χ0n) is 15.8. The predicted molar refractivity (Wildman–Crippen MR) is 102 cm³/mol. The summed E-state index contributed by atoms with van der Waals surface area (Å²) >= 11 is 0. The van der Waals surface area contributed by atoms with Crippen LogP contribution in [0.1, 0.15) is 36.8 Å². The van der Waals surface area contributed by atoms with Gasteiger partial charge >= 0.3 is 0 Å². The zero-order chi connectivity index (χ0) is 18.4. The van der Waals surface area contributed by atoms with Gasteiger partial charge < -0.3 is 18.9 Å². The third-order valence-corrected chi connectivity index (χ3v) is 6.02. The zero-order valence-corrected chi connectivity index (χ0v) is 15.8. The predicted octanol–water partition coefficient (Wildman–Crippen LogP) is 4.01. The third kappa shape index (κ3) is 2.81. The molecule has 2 aromatic rings. The average molecular weight is 367 g/mol. The largest absolute Gasteiger partial charge is 0.497 e. The highest BCUT2D eigenvalue weighted by molar-refractivity contribution is 5.56. The van der Waals surface area contributed by atoms with Gasteiger partial charge in [0.1, 0.15) is 11.5 Å². The van der Waals surface area contributed by atoms with E-state index >= 15 is 0 Å². The summed E-state index contributed by atoms with van der Waals surface area (Å²) < 4.78 is 23.2. The van der Waals surface area contributed by atoms with E-state index in [1.807, 2.05) is 12.1 Å². The molecule has 3 aliphatic rings. The van der Waals surface area contributed by atoms with Crippen LogP contribution >= 0.6 is 0 Å². The van der Waals surface area contributed by atoms with Gasteiger partial charge in [-0.25, -0.2) is 0 Å². The highest BCUT2D eigenvalue weighted by Crippen LogP contribution is 2.50. The summed E-state index contributed by atoms with van der Waals surface area (Å²) in [4.78, 5) is 2.48. The Morgan fingerprint density at radius 1 is 1.00 bits per heavy atom. The van der Waals surface area contributed by atoms with Gasteiger partial charge in [-0.1, -0.05) is 19.1 Å². The monoisotopic (exact) mass is 367 g/mol. The van der Waals surface area contributed by atoms with Gasteiger partial charge in [0.2, 0.25) is 6.79 Å². The third-order valence-electron chi connectivity index (χ3n) is 6.02. The highest BCUT2D eigenvalue weighted by atomic mass is 16.7. The van der Waals surface area contributed by atoms with E-state index in [2.05, 4.69) is 36.1 Å². The molecule has 5 heteroatoms. The molecule has 0 aliphatic carbocycles. The standard InChI is InChI=1S/C22H25NO4/c1-14-21(15-6-5-7-16(10-15)24-2)17-11-19-20(26-13-25-19)12-18(17)27-22(14)23-8-3-4-9-23/h5-7,10-12,14,21-22H,3-4,8-9,13H2,1-2H3/t14-,21+,22-/m0/s1. The Labute approximate surface area is 159 Å². The molecule has 0 bridgehead atoms. The molecule has 0 amide bonds. The molecule has 0 aromatic heterocycles. The van der Waals surface area contributed by atoms with Crippen LogP contribution in [0.25, 0.3) is 0 Å².